The zero-order valence-corrected chi connectivity index (χ0v) is 12.7. The molecule has 0 nitrogen and oxygen atoms in total. The monoisotopic (exact) mass is 226 g/mol. The molecule has 16 heavy (non-hydrogen) atoms. The maximum atomic E-state index is 2.49. The van der Waals surface area contributed by atoms with Gasteiger partial charge in [-0.25, -0.2) is 0 Å². The van der Waals surface area contributed by atoms with Gasteiger partial charge in [-0.15, -0.1) is 0 Å². The van der Waals surface area contributed by atoms with Crippen LogP contribution >= 0.6 is 0 Å². The Bertz CT molecular complexity index is 157. The van der Waals surface area contributed by atoms with E-state index in [9.17, 15) is 0 Å². The first-order valence-corrected chi connectivity index (χ1v) is 7.53. The molecule has 0 aliphatic heterocycles. The summed E-state index contributed by atoms with van der Waals surface area (Å²) in [5.74, 6) is 4.49. The van der Waals surface area contributed by atoms with Crippen LogP contribution in [0.4, 0.5) is 0 Å². The van der Waals surface area contributed by atoms with Crippen LogP contribution in [0.1, 0.15) is 74.1 Å². The van der Waals surface area contributed by atoms with Crippen molar-refractivity contribution in [2.24, 2.45) is 29.6 Å². The number of hydrogen-bond donors (Lipinski definition) is 0. The van der Waals surface area contributed by atoms with Gasteiger partial charge in [-0.05, 0) is 29.6 Å². The van der Waals surface area contributed by atoms with Gasteiger partial charge in [0.2, 0.25) is 0 Å². The molecule has 0 aliphatic carbocycles. The van der Waals surface area contributed by atoms with E-state index in [4.69, 9.17) is 0 Å². The minimum absolute atomic E-state index is 0.871. The normalized spacial score (nSPS) is 19.5. The Kier molecular flexibility index (Phi) is 8.14. The Morgan fingerprint density at radius 2 is 1.12 bits per heavy atom. The predicted molar refractivity (Wildman–Crippen MR) is 75.6 cm³/mol. The maximum absolute atomic E-state index is 2.49. The molecule has 0 fully saturated rings. The van der Waals surface area contributed by atoms with Gasteiger partial charge in [-0.1, -0.05) is 74.1 Å². The molecule has 0 N–H and O–H groups in total. The molecule has 0 heterocycles. The number of hydrogen-bond acceptors (Lipinski definition) is 0. The van der Waals surface area contributed by atoms with Gasteiger partial charge in [0.05, 0.1) is 0 Å². The molecule has 4 unspecified atom stereocenters. The molecule has 0 amide bonds. The van der Waals surface area contributed by atoms with E-state index in [1.165, 1.54) is 25.7 Å². The molecule has 0 rings (SSSR count). The highest BCUT2D eigenvalue weighted by Crippen LogP contribution is 2.36. The van der Waals surface area contributed by atoms with E-state index in [-0.39, 0.29) is 0 Å². The van der Waals surface area contributed by atoms with E-state index in [0.717, 1.165) is 29.6 Å². The van der Waals surface area contributed by atoms with Crippen molar-refractivity contribution in [1.82, 2.24) is 0 Å². The SMILES string of the molecule is CCC(C)C(C)C(C)C(CC)C(CC)CC. The molecular formula is C16H34. The lowest BCUT2D eigenvalue weighted by Gasteiger charge is -2.36. The molecule has 0 saturated carbocycles. The average molecular weight is 226 g/mol. The Morgan fingerprint density at radius 1 is 0.625 bits per heavy atom. The summed E-state index contributed by atoms with van der Waals surface area (Å²) in [4.78, 5) is 0. The summed E-state index contributed by atoms with van der Waals surface area (Å²) in [5, 5.41) is 0. The molecule has 0 bridgehead atoms. The largest absolute Gasteiger partial charge is 0.0651 e. The molecule has 0 radical (unpaired) electrons. The van der Waals surface area contributed by atoms with Crippen LogP contribution in [0.2, 0.25) is 0 Å². The molecule has 0 aliphatic rings. The highest BCUT2D eigenvalue weighted by Gasteiger charge is 2.28. The van der Waals surface area contributed by atoms with Crippen LogP contribution < -0.4 is 0 Å². The summed E-state index contributed by atoms with van der Waals surface area (Å²) in [7, 11) is 0. The molecule has 0 aromatic rings. The van der Waals surface area contributed by atoms with Gasteiger partial charge in [0.15, 0.2) is 0 Å². The lowest BCUT2D eigenvalue weighted by Crippen LogP contribution is -2.28. The minimum atomic E-state index is 0.871. The summed E-state index contributed by atoms with van der Waals surface area (Å²) in [5.41, 5.74) is 0. The zero-order chi connectivity index (χ0) is 12.7. The fourth-order valence-corrected chi connectivity index (χ4v) is 3.31. The molecule has 4 atom stereocenters. The van der Waals surface area contributed by atoms with E-state index in [0.29, 0.717) is 0 Å². The smallest absolute Gasteiger partial charge is 0.0360 e. The van der Waals surface area contributed by atoms with E-state index < -0.39 is 0 Å². The zero-order valence-electron chi connectivity index (χ0n) is 12.7. The predicted octanol–water partition coefficient (Wildman–Crippen LogP) is 5.77. The van der Waals surface area contributed by atoms with Crippen LogP contribution in [0, 0.1) is 29.6 Å². The lowest BCUT2D eigenvalue weighted by molar-refractivity contribution is 0.136. The van der Waals surface area contributed by atoms with Crippen molar-refractivity contribution in [2.45, 2.75) is 74.1 Å². The third-order valence-corrected chi connectivity index (χ3v) is 5.17. The molecule has 0 spiro atoms. The summed E-state index contributed by atoms with van der Waals surface area (Å²) in [6, 6.07) is 0. The van der Waals surface area contributed by atoms with Crippen LogP contribution in [-0.2, 0) is 0 Å². The standard InChI is InChI=1S/C16H34/c1-8-12(5)13(6)14(7)16(11-4)15(9-2)10-3/h12-16H,8-11H2,1-7H3. The van der Waals surface area contributed by atoms with Crippen molar-refractivity contribution in [1.29, 1.82) is 0 Å². The molecule has 0 heteroatoms. The molecule has 0 saturated heterocycles. The Balaban J connectivity index is 4.56. The summed E-state index contributed by atoms with van der Waals surface area (Å²) in [6.07, 6.45) is 5.39. The number of rotatable bonds is 8. The maximum Gasteiger partial charge on any atom is -0.0360 e. The lowest BCUT2D eigenvalue weighted by atomic mass is 9.70. The second kappa shape index (κ2) is 8.14. The van der Waals surface area contributed by atoms with Crippen LogP contribution in [0.15, 0.2) is 0 Å². The van der Waals surface area contributed by atoms with E-state index in [1.807, 2.05) is 0 Å². The van der Waals surface area contributed by atoms with E-state index in [1.54, 1.807) is 0 Å². The second-order valence-corrected chi connectivity index (χ2v) is 5.75. The first-order chi connectivity index (χ1) is 7.53. The third kappa shape index (κ3) is 4.11. The van der Waals surface area contributed by atoms with Crippen LogP contribution in [0.3, 0.4) is 0 Å². The molecule has 0 aromatic carbocycles. The highest BCUT2D eigenvalue weighted by molar-refractivity contribution is 4.78. The highest BCUT2D eigenvalue weighted by atomic mass is 14.3. The van der Waals surface area contributed by atoms with Gasteiger partial charge in [-0.2, -0.15) is 0 Å². The van der Waals surface area contributed by atoms with Crippen molar-refractivity contribution in [2.75, 3.05) is 0 Å². The van der Waals surface area contributed by atoms with Crippen molar-refractivity contribution in [3.8, 4) is 0 Å². The van der Waals surface area contributed by atoms with Crippen LogP contribution in [0.25, 0.3) is 0 Å². The first kappa shape index (κ1) is 16.0. The van der Waals surface area contributed by atoms with Gasteiger partial charge in [0, 0.05) is 0 Å². The van der Waals surface area contributed by atoms with Crippen molar-refractivity contribution in [3.63, 3.8) is 0 Å². The quantitative estimate of drug-likeness (QED) is 0.493. The Morgan fingerprint density at radius 3 is 1.44 bits per heavy atom. The minimum Gasteiger partial charge on any atom is -0.0651 e. The topological polar surface area (TPSA) is 0 Å². The van der Waals surface area contributed by atoms with Crippen LogP contribution in [0.5, 0.6) is 0 Å². The fourth-order valence-electron chi connectivity index (χ4n) is 3.31. The second-order valence-electron chi connectivity index (χ2n) is 5.75. The van der Waals surface area contributed by atoms with E-state index in [2.05, 4.69) is 48.5 Å². The summed E-state index contributed by atoms with van der Waals surface area (Å²) >= 11 is 0. The van der Waals surface area contributed by atoms with Crippen molar-refractivity contribution in [3.05, 3.63) is 0 Å². The van der Waals surface area contributed by atoms with Crippen molar-refractivity contribution < 1.29 is 0 Å². The fraction of sp³-hybridized carbons (Fsp3) is 1.00. The third-order valence-electron chi connectivity index (χ3n) is 5.17. The van der Waals surface area contributed by atoms with Gasteiger partial charge < -0.3 is 0 Å². The molecule has 98 valence electrons. The summed E-state index contributed by atoms with van der Waals surface area (Å²) in [6.45, 7) is 16.8. The Hall–Kier alpha value is 0. The average Bonchev–Trinajstić information content (AvgIpc) is 2.32. The molecular weight excluding hydrogens is 192 g/mol. The van der Waals surface area contributed by atoms with Crippen molar-refractivity contribution >= 4 is 0 Å². The first-order valence-electron chi connectivity index (χ1n) is 7.53. The molecule has 0 aromatic heterocycles. The summed E-state index contributed by atoms with van der Waals surface area (Å²) < 4.78 is 0. The van der Waals surface area contributed by atoms with Gasteiger partial charge in [-0.3, -0.25) is 0 Å². The van der Waals surface area contributed by atoms with Gasteiger partial charge in [0.25, 0.3) is 0 Å². The Labute approximate surface area is 104 Å². The van der Waals surface area contributed by atoms with Gasteiger partial charge >= 0.3 is 0 Å². The van der Waals surface area contributed by atoms with Gasteiger partial charge in [0.1, 0.15) is 0 Å². The van der Waals surface area contributed by atoms with E-state index >= 15 is 0 Å². The van der Waals surface area contributed by atoms with Crippen LogP contribution in [-0.4, -0.2) is 0 Å².